The van der Waals surface area contributed by atoms with Crippen molar-refractivity contribution in [2.75, 3.05) is 18.0 Å². The van der Waals surface area contributed by atoms with Crippen molar-refractivity contribution < 1.29 is 5.11 Å². The standard InChI is InChI=1S/C13H22N2O/c1-5-15(8-10(2)3)13-6-11(4)14-7-12(13)9-16/h6-7,10,16H,5,8-9H2,1-4H3. The van der Waals surface area contributed by atoms with Crippen LogP contribution in [0.4, 0.5) is 5.69 Å². The Labute approximate surface area is 98.1 Å². The van der Waals surface area contributed by atoms with E-state index in [4.69, 9.17) is 0 Å². The largest absolute Gasteiger partial charge is 0.392 e. The number of aromatic nitrogens is 1. The Hall–Kier alpha value is -1.09. The highest BCUT2D eigenvalue weighted by molar-refractivity contribution is 5.53. The number of nitrogens with zero attached hydrogens (tertiary/aromatic N) is 2. The van der Waals surface area contributed by atoms with E-state index >= 15 is 0 Å². The number of hydrogen-bond donors (Lipinski definition) is 1. The van der Waals surface area contributed by atoms with Gasteiger partial charge in [-0.2, -0.15) is 0 Å². The van der Waals surface area contributed by atoms with Gasteiger partial charge in [-0.05, 0) is 25.8 Å². The van der Waals surface area contributed by atoms with Gasteiger partial charge in [-0.15, -0.1) is 0 Å². The second-order valence-electron chi connectivity index (χ2n) is 4.54. The monoisotopic (exact) mass is 222 g/mol. The third kappa shape index (κ3) is 3.20. The van der Waals surface area contributed by atoms with Gasteiger partial charge >= 0.3 is 0 Å². The molecule has 0 radical (unpaired) electrons. The van der Waals surface area contributed by atoms with Crippen LogP contribution >= 0.6 is 0 Å². The quantitative estimate of drug-likeness (QED) is 0.831. The van der Waals surface area contributed by atoms with E-state index in [1.165, 1.54) is 0 Å². The molecule has 0 saturated carbocycles. The second kappa shape index (κ2) is 5.85. The van der Waals surface area contributed by atoms with Gasteiger partial charge in [-0.25, -0.2) is 0 Å². The van der Waals surface area contributed by atoms with Crippen LogP contribution in [-0.2, 0) is 6.61 Å². The molecule has 16 heavy (non-hydrogen) atoms. The van der Waals surface area contributed by atoms with Crippen LogP contribution in [0.15, 0.2) is 12.3 Å². The summed E-state index contributed by atoms with van der Waals surface area (Å²) in [4.78, 5) is 6.52. The molecule has 0 fully saturated rings. The van der Waals surface area contributed by atoms with E-state index in [9.17, 15) is 5.11 Å². The van der Waals surface area contributed by atoms with E-state index < -0.39 is 0 Å². The van der Waals surface area contributed by atoms with Gasteiger partial charge in [0.05, 0.1) is 6.61 Å². The number of hydrogen-bond acceptors (Lipinski definition) is 3. The number of aryl methyl sites for hydroxylation is 1. The van der Waals surface area contributed by atoms with Gasteiger partial charge in [-0.3, -0.25) is 4.98 Å². The topological polar surface area (TPSA) is 36.4 Å². The van der Waals surface area contributed by atoms with Crippen molar-refractivity contribution in [1.82, 2.24) is 4.98 Å². The number of pyridine rings is 1. The molecule has 1 aromatic rings. The van der Waals surface area contributed by atoms with Gasteiger partial charge in [0.25, 0.3) is 0 Å². The van der Waals surface area contributed by atoms with Gasteiger partial charge in [0.15, 0.2) is 0 Å². The molecule has 0 aliphatic heterocycles. The van der Waals surface area contributed by atoms with Crippen molar-refractivity contribution in [3.8, 4) is 0 Å². The lowest BCUT2D eigenvalue weighted by Crippen LogP contribution is -2.28. The Morgan fingerprint density at radius 2 is 2.12 bits per heavy atom. The molecule has 90 valence electrons. The molecule has 1 N–H and O–H groups in total. The normalized spacial score (nSPS) is 10.9. The zero-order valence-corrected chi connectivity index (χ0v) is 10.7. The van der Waals surface area contributed by atoms with Crippen LogP contribution in [0.2, 0.25) is 0 Å². The summed E-state index contributed by atoms with van der Waals surface area (Å²) in [5.74, 6) is 0.611. The van der Waals surface area contributed by atoms with Gasteiger partial charge in [0, 0.05) is 36.2 Å². The van der Waals surface area contributed by atoms with Crippen molar-refractivity contribution in [3.63, 3.8) is 0 Å². The van der Waals surface area contributed by atoms with Crippen molar-refractivity contribution in [2.45, 2.75) is 34.3 Å². The van der Waals surface area contributed by atoms with Crippen LogP contribution < -0.4 is 4.90 Å². The molecule has 1 rings (SSSR count). The highest BCUT2D eigenvalue weighted by Gasteiger charge is 2.11. The van der Waals surface area contributed by atoms with Crippen LogP contribution in [0, 0.1) is 12.8 Å². The Kier molecular flexibility index (Phi) is 4.74. The van der Waals surface area contributed by atoms with E-state index in [1.54, 1.807) is 6.20 Å². The first-order valence-electron chi connectivity index (χ1n) is 5.89. The fraction of sp³-hybridized carbons (Fsp3) is 0.615. The summed E-state index contributed by atoms with van der Waals surface area (Å²) in [5.41, 5.74) is 3.02. The molecular formula is C13H22N2O. The van der Waals surface area contributed by atoms with E-state index in [0.717, 1.165) is 30.0 Å². The van der Waals surface area contributed by atoms with Crippen molar-refractivity contribution in [3.05, 3.63) is 23.5 Å². The third-order valence-electron chi connectivity index (χ3n) is 2.58. The summed E-state index contributed by atoms with van der Waals surface area (Å²) in [7, 11) is 0. The highest BCUT2D eigenvalue weighted by Crippen LogP contribution is 2.21. The average Bonchev–Trinajstić information content (AvgIpc) is 2.25. The second-order valence-corrected chi connectivity index (χ2v) is 4.54. The van der Waals surface area contributed by atoms with E-state index in [1.807, 2.05) is 6.92 Å². The molecule has 0 aliphatic carbocycles. The maximum absolute atomic E-state index is 9.32. The minimum atomic E-state index is 0.0528. The minimum absolute atomic E-state index is 0.0528. The summed E-state index contributed by atoms with van der Waals surface area (Å²) < 4.78 is 0. The summed E-state index contributed by atoms with van der Waals surface area (Å²) in [6, 6.07) is 2.05. The molecule has 0 amide bonds. The van der Waals surface area contributed by atoms with Gasteiger partial charge in [0.2, 0.25) is 0 Å². The Bertz CT molecular complexity index is 337. The average molecular weight is 222 g/mol. The molecule has 0 aliphatic rings. The fourth-order valence-electron chi connectivity index (χ4n) is 1.83. The van der Waals surface area contributed by atoms with E-state index in [0.29, 0.717) is 5.92 Å². The highest BCUT2D eigenvalue weighted by atomic mass is 16.3. The lowest BCUT2D eigenvalue weighted by atomic mass is 10.1. The Balaban J connectivity index is 3.02. The van der Waals surface area contributed by atoms with E-state index in [2.05, 4.69) is 36.7 Å². The predicted octanol–water partition coefficient (Wildman–Crippen LogP) is 2.36. The van der Waals surface area contributed by atoms with Crippen LogP contribution in [0.25, 0.3) is 0 Å². The molecular weight excluding hydrogens is 200 g/mol. The number of aliphatic hydroxyl groups excluding tert-OH is 1. The number of rotatable bonds is 5. The predicted molar refractivity (Wildman–Crippen MR) is 67.6 cm³/mol. The van der Waals surface area contributed by atoms with Crippen molar-refractivity contribution >= 4 is 5.69 Å². The molecule has 0 aromatic carbocycles. The summed E-state index contributed by atoms with van der Waals surface area (Å²) in [6.45, 7) is 10.5. The maximum Gasteiger partial charge on any atom is 0.0717 e. The third-order valence-corrected chi connectivity index (χ3v) is 2.58. The molecule has 1 heterocycles. The number of anilines is 1. The van der Waals surface area contributed by atoms with Crippen molar-refractivity contribution in [2.24, 2.45) is 5.92 Å². The van der Waals surface area contributed by atoms with Crippen molar-refractivity contribution in [1.29, 1.82) is 0 Å². The first kappa shape index (κ1) is 13.0. The Morgan fingerprint density at radius 1 is 1.44 bits per heavy atom. The molecule has 0 saturated heterocycles. The zero-order chi connectivity index (χ0) is 12.1. The Morgan fingerprint density at radius 3 is 2.62 bits per heavy atom. The summed E-state index contributed by atoms with van der Waals surface area (Å²) in [5, 5.41) is 9.32. The van der Waals surface area contributed by atoms with Gasteiger partial charge in [-0.1, -0.05) is 13.8 Å². The first-order valence-corrected chi connectivity index (χ1v) is 5.89. The molecule has 3 nitrogen and oxygen atoms in total. The lowest BCUT2D eigenvalue weighted by molar-refractivity contribution is 0.281. The molecule has 3 heteroatoms. The minimum Gasteiger partial charge on any atom is -0.392 e. The van der Waals surface area contributed by atoms with Crippen LogP contribution in [0.1, 0.15) is 32.0 Å². The van der Waals surface area contributed by atoms with Crippen LogP contribution in [-0.4, -0.2) is 23.2 Å². The zero-order valence-electron chi connectivity index (χ0n) is 10.7. The lowest BCUT2D eigenvalue weighted by Gasteiger charge is -2.27. The fourth-order valence-corrected chi connectivity index (χ4v) is 1.83. The summed E-state index contributed by atoms with van der Waals surface area (Å²) >= 11 is 0. The SMILES string of the molecule is CCN(CC(C)C)c1cc(C)ncc1CO. The molecule has 0 spiro atoms. The number of aliphatic hydroxyl groups is 1. The first-order chi connectivity index (χ1) is 7.58. The summed E-state index contributed by atoms with van der Waals surface area (Å²) in [6.07, 6.45) is 1.77. The van der Waals surface area contributed by atoms with Crippen LogP contribution in [0.5, 0.6) is 0 Å². The molecule has 0 bridgehead atoms. The smallest absolute Gasteiger partial charge is 0.0717 e. The molecule has 0 atom stereocenters. The maximum atomic E-state index is 9.32. The molecule has 1 aromatic heterocycles. The van der Waals surface area contributed by atoms with Crippen LogP contribution in [0.3, 0.4) is 0 Å². The van der Waals surface area contributed by atoms with Gasteiger partial charge in [0.1, 0.15) is 0 Å². The molecule has 0 unspecified atom stereocenters. The van der Waals surface area contributed by atoms with E-state index in [-0.39, 0.29) is 6.61 Å². The van der Waals surface area contributed by atoms with Gasteiger partial charge < -0.3 is 10.0 Å².